The lowest BCUT2D eigenvalue weighted by Gasteiger charge is -2.29. The molecule has 26 heavy (non-hydrogen) atoms. The van der Waals surface area contributed by atoms with Crippen LogP contribution in [0.25, 0.3) is 0 Å². The van der Waals surface area contributed by atoms with Crippen LogP contribution in [0.15, 0.2) is 43.1 Å². The van der Waals surface area contributed by atoms with Gasteiger partial charge in [-0.15, -0.1) is 6.58 Å². The fourth-order valence-electron chi connectivity index (χ4n) is 3.07. The van der Waals surface area contributed by atoms with E-state index in [4.69, 9.17) is 0 Å². The molecule has 7 nitrogen and oxygen atoms in total. The molecule has 2 aromatic rings. The van der Waals surface area contributed by atoms with Gasteiger partial charge in [0.15, 0.2) is 5.69 Å². The number of rotatable bonds is 5. The predicted octanol–water partition coefficient (Wildman–Crippen LogP) is 2.64. The van der Waals surface area contributed by atoms with Gasteiger partial charge < -0.3 is 5.32 Å². The van der Waals surface area contributed by atoms with Crippen molar-refractivity contribution in [3.63, 3.8) is 0 Å². The van der Waals surface area contributed by atoms with Gasteiger partial charge in [0.2, 0.25) is 5.91 Å². The first-order valence-corrected chi connectivity index (χ1v) is 8.60. The molecule has 0 fully saturated rings. The number of para-hydroxylation sites is 2. The molecule has 1 unspecified atom stereocenters. The predicted molar refractivity (Wildman–Crippen MR) is 102 cm³/mol. The van der Waals surface area contributed by atoms with E-state index in [2.05, 4.69) is 17.0 Å². The molecule has 0 aliphatic carbocycles. The maximum Gasteiger partial charge on any atom is 0.276 e. The van der Waals surface area contributed by atoms with Crippen molar-refractivity contribution in [2.45, 2.75) is 26.4 Å². The Bertz CT molecular complexity index is 857. The van der Waals surface area contributed by atoms with Gasteiger partial charge in [0.1, 0.15) is 5.69 Å². The Hall–Kier alpha value is -2.93. The number of carbonyl (C=O) groups excluding carboxylic acids is 2. The Labute approximate surface area is 152 Å². The van der Waals surface area contributed by atoms with Crippen molar-refractivity contribution in [1.82, 2.24) is 14.7 Å². The molecule has 0 spiro atoms. The van der Waals surface area contributed by atoms with Crippen molar-refractivity contribution in [2.24, 2.45) is 0 Å². The number of amides is 2. The van der Waals surface area contributed by atoms with Crippen molar-refractivity contribution in [3.05, 3.63) is 48.8 Å². The Balaban J connectivity index is 2.15. The highest BCUT2D eigenvalue weighted by atomic mass is 16.2. The first kappa shape index (κ1) is 17.9. The van der Waals surface area contributed by atoms with Gasteiger partial charge in [0.05, 0.1) is 23.6 Å². The largest absolute Gasteiger partial charge is 0.319 e. The van der Waals surface area contributed by atoms with Crippen LogP contribution in [-0.2, 0) is 11.3 Å². The Morgan fingerprint density at radius 2 is 2.12 bits per heavy atom. The first-order valence-electron chi connectivity index (χ1n) is 8.60. The van der Waals surface area contributed by atoms with Crippen LogP contribution in [0.2, 0.25) is 0 Å². The number of benzene rings is 1. The third-order valence-electron chi connectivity index (χ3n) is 4.62. The molecule has 0 saturated carbocycles. The average Bonchev–Trinajstić information content (AvgIpc) is 3.01. The maximum atomic E-state index is 13.4. The summed E-state index contributed by atoms with van der Waals surface area (Å²) in [6.45, 7) is 8.60. The van der Waals surface area contributed by atoms with E-state index in [0.29, 0.717) is 35.8 Å². The molecule has 1 aromatic carbocycles. The minimum Gasteiger partial charge on any atom is -0.319 e. The highest BCUT2D eigenvalue weighted by Crippen LogP contribution is 2.38. The first-order chi connectivity index (χ1) is 12.5. The molecule has 0 bridgehead atoms. The van der Waals surface area contributed by atoms with E-state index in [-0.39, 0.29) is 11.8 Å². The topological polar surface area (TPSA) is 70.5 Å². The van der Waals surface area contributed by atoms with E-state index < -0.39 is 6.04 Å². The van der Waals surface area contributed by atoms with Crippen LogP contribution in [0.1, 0.15) is 24.3 Å². The SMILES string of the molecule is C=CCN(C)C(C)C(=O)N1c2ccccc2NC(=O)c2c1cnn2CC. The molecule has 2 heterocycles. The zero-order valence-electron chi connectivity index (χ0n) is 15.3. The molecular weight excluding hydrogens is 330 g/mol. The number of anilines is 3. The average molecular weight is 353 g/mol. The number of likely N-dealkylation sites (N-methyl/N-ethyl adjacent to an activating group) is 1. The standard InChI is InChI=1S/C19H23N5O2/c1-5-11-22(4)13(3)19(26)24-15-10-8-7-9-14(15)21-18(25)17-16(24)12-20-23(17)6-2/h5,7-10,12-13H,1,6,11H2,2-4H3,(H,21,25). The van der Waals surface area contributed by atoms with Crippen LogP contribution in [0, 0.1) is 0 Å². The van der Waals surface area contributed by atoms with Gasteiger partial charge >= 0.3 is 0 Å². The van der Waals surface area contributed by atoms with E-state index in [1.807, 2.05) is 44.0 Å². The molecule has 1 aromatic heterocycles. The van der Waals surface area contributed by atoms with Gasteiger partial charge in [0.25, 0.3) is 5.91 Å². The number of nitrogens with zero attached hydrogens (tertiary/aromatic N) is 4. The summed E-state index contributed by atoms with van der Waals surface area (Å²) in [6.07, 6.45) is 3.34. The highest BCUT2D eigenvalue weighted by Gasteiger charge is 2.35. The van der Waals surface area contributed by atoms with Crippen LogP contribution in [0.5, 0.6) is 0 Å². The molecule has 0 saturated heterocycles. The van der Waals surface area contributed by atoms with E-state index in [0.717, 1.165) is 0 Å². The summed E-state index contributed by atoms with van der Waals surface area (Å²) in [6, 6.07) is 6.90. The Morgan fingerprint density at radius 3 is 2.81 bits per heavy atom. The summed E-state index contributed by atoms with van der Waals surface area (Å²) < 4.78 is 1.61. The summed E-state index contributed by atoms with van der Waals surface area (Å²) in [4.78, 5) is 29.6. The fraction of sp³-hybridized carbons (Fsp3) is 0.316. The number of aryl methyl sites for hydroxylation is 1. The minimum atomic E-state index is -0.396. The van der Waals surface area contributed by atoms with Crippen molar-refractivity contribution in [1.29, 1.82) is 0 Å². The van der Waals surface area contributed by atoms with Gasteiger partial charge in [-0.05, 0) is 33.0 Å². The number of hydrogen-bond acceptors (Lipinski definition) is 4. The van der Waals surface area contributed by atoms with Crippen LogP contribution in [0.3, 0.4) is 0 Å². The van der Waals surface area contributed by atoms with Gasteiger partial charge in [-0.1, -0.05) is 18.2 Å². The molecule has 1 aliphatic heterocycles. The summed E-state index contributed by atoms with van der Waals surface area (Å²) in [5.74, 6) is -0.399. The third kappa shape index (κ3) is 2.90. The van der Waals surface area contributed by atoms with Crippen LogP contribution >= 0.6 is 0 Å². The second-order valence-corrected chi connectivity index (χ2v) is 6.24. The molecule has 2 amide bonds. The minimum absolute atomic E-state index is 0.129. The van der Waals surface area contributed by atoms with Crippen molar-refractivity contribution >= 4 is 28.9 Å². The third-order valence-corrected chi connectivity index (χ3v) is 4.62. The maximum absolute atomic E-state index is 13.4. The fourth-order valence-corrected chi connectivity index (χ4v) is 3.07. The lowest BCUT2D eigenvalue weighted by atomic mass is 10.2. The molecule has 1 N–H and O–H groups in total. The lowest BCUT2D eigenvalue weighted by molar-refractivity contribution is -0.121. The molecule has 3 rings (SSSR count). The van der Waals surface area contributed by atoms with Crippen LogP contribution < -0.4 is 10.2 Å². The summed E-state index contributed by atoms with van der Waals surface area (Å²) in [7, 11) is 1.87. The lowest BCUT2D eigenvalue weighted by Crippen LogP contribution is -2.44. The number of hydrogen-bond donors (Lipinski definition) is 1. The molecular formula is C19H23N5O2. The summed E-state index contributed by atoms with van der Waals surface area (Å²) >= 11 is 0. The zero-order chi connectivity index (χ0) is 18.8. The van der Waals surface area contributed by atoms with Crippen molar-refractivity contribution in [2.75, 3.05) is 23.8 Å². The second-order valence-electron chi connectivity index (χ2n) is 6.24. The molecule has 0 radical (unpaired) electrons. The monoisotopic (exact) mass is 353 g/mol. The molecule has 1 aliphatic rings. The van der Waals surface area contributed by atoms with Gasteiger partial charge in [-0.3, -0.25) is 24.1 Å². The second kappa shape index (κ2) is 7.13. The Kier molecular flexibility index (Phi) is 4.90. The Morgan fingerprint density at radius 1 is 1.38 bits per heavy atom. The normalized spacial score (nSPS) is 14.3. The van der Waals surface area contributed by atoms with Crippen LogP contribution in [0.4, 0.5) is 17.1 Å². The number of carbonyl (C=O) groups is 2. The smallest absolute Gasteiger partial charge is 0.276 e. The number of aromatic nitrogens is 2. The van der Waals surface area contributed by atoms with E-state index in [1.165, 1.54) is 0 Å². The zero-order valence-corrected chi connectivity index (χ0v) is 15.3. The summed E-state index contributed by atoms with van der Waals surface area (Å²) in [5.41, 5.74) is 2.12. The highest BCUT2D eigenvalue weighted by molar-refractivity contribution is 6.17. The number of nitrogens with one attached hydrogen (secondary N) is 1. The number of fused-ring (bicyclic) bond motifs is 2. The van der Waals surface area contributed by atoms with Gasteiger partial charge in [-0.2, -0.15) is 5.10 Å². The quantitative estimate of drug-likeness (QED) is 0.839. The van der Waals surface area contributed by atoms with E-state index in [9.17, 15) is 9.59 Å². The van der Waals surface area contributed by atoms with E-state index in [1.54, 1.807) is 27.9 Å². The molecule has 7 heteroatoms. The van der Waals surface area contributed by atoms with Crippen LogP contribution in [-0.4, -0.2) is 46.1 Å². The van der Waals surface area contributed by atoms with E-state index >= 15 is 0 Å². The van der Waals surface area contributed by atoms with Gasteiger partial charge in [-0.25, -0.2) is 0 Å². The molecule has 136 valence electrons. The molecule has 1 atom stereocenters. The van der Waals surface area contributed by atoms with Gasteiger partial charge in [0, 0.05) is 13.1 Å². The van der Waals surface area contributed by atoms with Crippen molar-refractivity contribution in [3.8, 4) is 0 Å². The van der Waals surface area contributed by atoms with Crippen molar-refractivity contribution < 1.29 is 9.59 Å². The summed E-state index contributed by atoms with van der Waals surface area (Å²) in [5, 5.41) is 7.18.